The summed E-state index contributed by atoms with van der Waals surface area (Å²) in [5.74, 6) is 0.403. The summed E-state index contributed by atoms with van der Waals surface area (Å²) in [7, 11) is 1.46. The third-order valence-corrected chi connectivity index (χ3v) is 7.64. The van der Waals surface area contributed by atoms with Crippen LogP contribution in [-0.2, 0) is 29.0 Å². The van der Waals surface area contributed by atoms with Crippen LogP contribution in [0.5, 0.6) is 5.75 Å². The number of carbonyl (C=O) groups excluding carboxylic acids is 2. The lowest BCUT2D eigenvalue weighted by Crippen LogP contribution is -2.42. The fourth-order valence-corrected chi connectivity index (χ4v) is 5.46. The van der Waals surface area contributed by atoms with Crippen molar-refractivity contribution >= 4 is 23.2 Å². The van der Waals surface area contributed by atoms with Crippen molar-refractivity contribution in [3.05, 3.63) is 50.1 Å². The smallest absolute Gasteiger partial charge is 0.257 e. The fraction of sp³-hybridized carbons (Fsp3) is 0.560. The van der Waals surface area contributed by atoms with E-state index >= 15 is 0 Å². The number of fused-ring (bicyclic) bond motifs is 1. The van der Waals surface area contributed by atoms with E-state index in [1.807, 2.05) is 22.4 Å². The Labute approximate surface area is 203 Å². The van der Waals surface area contributed by atoms with Gasteiger partial charge in [0.2, 0.25) is 5.91 Å². The van der Waals surface area contributed by atoms with Gasteiger partial charge in [0.05, 0.1) is 19.8 Å². The first kappa shape index (κ1) is 24.5. The summed E-state index contributed by atoms with van der Waals surface area (Å²) in [5.41, 5.74) is 0.774. The molecule has 0 radical (unpaired) electrons. The molecule has 4 heterocycles. The van der Waals surface area contributed by atoms with E-state index in [0.29, 0.717) is 56.4 Å². The second-order valence-corrected chi connectivity index (χ2v) is 10.3. The molecule has 2 atom stereocenters. The van der Waals surface area contributed by atoms with E-state index in [-0.39, 0.29) is 35.1 Å². The van der Waals surface area contributed by atoms with Gasteiger partial charge in [0.1, 0.15) is 11.3 Å². The van der Waals surface area contributed by atoms with Crippen LogP contribution in [0, 0.1) is 11.8 Å². The molecular formula is C25H33N3O5S. The number of ether oxygens (including phenoxy) is 2. The van der Waals surface area contributed by atoms with Gasteiger partial charge in [0.15, 0.2) is 0 Å². The van der Waals surface area contributed by atoms with Crippen LogP contribution in [0.25, 0.3) is 0 Å². The SMILES string of the molecule is COc1cc(=O)n2c(c1C(=O)NCc1cccs1)CCN(C(=O)[C@H]1CCO[C@H](C(C)C)C1)CC2. The Morgan fingerprint density at radius 3 is 2.82 bits per heavy atom. The molecule has 2 aliphatic heterocycles. The molecule has 1 saturated heterocycles. The molecule has 184 valence electrons. The van der Waals surface area contributed by atoms with E-state index in [1.165, 1.54) is 13.2 Å². The third-order valence-electron chi connectivity index (χ3n) is 6.76. The molecule has 2 aliphatic rings. The van der Waals surface area contributed by atoms with Gasteiger partial charge in [0.25, 0.3) is 11.5 Å². The molecule has 2 aromatic heterocycles. The number of pyridine rings is 1. The lowest BCUT2D eigenvalue weighted by atomic mass is 9.89. The number of amides is 2. The Hall–Kier alpha value is -2.65. The number of hydrogen-bond donors (Lipinski definition) is 1. The van der Waals surface area contributed by atoms with Crippen molar-refractivity contribution in [2.45, 2.75) is 52.3 Å². The molecule has 0 saturated carbocycles. The van der Waals surface area contributed by atoms with E-state index in [0.717, 1.165) is 17.7 Å². The minimum atomic E-state index is -0.280. The highest BCUT2D eigenvalue weighted by atomic mass is 32.1. The Bertz CT molecular complexity index is 1080. The van der Waals surface area contributed by atoms with Crippen molar-refractivity contribution in [3.63, 3.8) is 0 Å². The average molecular weight is 488 g/mol. The van der Waals surface area contributed by atoms with Crippen LogP contribution in [-0.4, -0.2) is 54.2 Å². The molecule has 4 rings (SSSR count). The van der Waals surface area contributed by atoms with E-state index in [4.69, 9.17) is 9.47 Å². The molecule has 2 amide bonds. The number of methoxy groups -OCH3 is 1. The molecule has 0 aromatic carbocycles. The standard InChI is InChI=1S/C25H33N3O5S/c1-16(2)20-13-17(7-11-33-20)25(31)27-8-6-19-23(24(30)26-15-18-5-4-12-34-18)21(32-3)14-22(29)28(19)10-9-27/h4-5,12,14,16-17,20H,6-11,13,15H2,1-3H3,(H,26,30)/t17-,20-/m0/s1. The van der Waals surface area contributed by atoms with Gasteiger partial charge in [-0.3, -0.25) is 14.4 Å². The zero-order chi connectivity index (χ0) is 24.2. The van der Waals surface area contributed by atoms with E-state index in [2.05, 4.69) is 19.2 Å². The number of hydrogen-bond acceptors (Lipinski definition) is 6. The Kier molecular flexibility index (Phi) is 7.73. The first-order valence-corrected chi connectivity index (χ1v) is 12.8. The number of rotatable bonds is 6. The lowest BCUT2D eigenvalue weighted by molar-refractivity contribution is -0.141. The summed E-state index contributed by atoms with van der Waals surface area (Å²) in [5, 5.41) is 4.91. The highest BCUT2D eigenvalue weighted by Crippen LogP contribution is 2.28. The van der Waals surface area contributed by atoms with Crippen LogP contribution in [0.3, 0.4) is 0 Å². The monoisotopic (exact) mass is 487 g/mol. The van der Waals surface area contributed by atoms with Crippen molar-refractivity contribution in [1.82, 2.24) is 14.8 Å². The molecule has 34 heavy (non-hydrogen) atoms. The Morgan fingerprint density at radius 2 is 2.12 bits per heavy atom. The molecule has 8 nitrogen and oxygen atoms in total. The summed E-state index contributed by atoms with van der Waals surface area (Å²) in [6.45, 7) is 6.49. The molecule has 0 aliphatic carbocycles. The second kappa shape index (κ2) is 10.7. The zero-order valence-corrected chi connectivity index (χ0v) is 20.9. The molecule has 0 spiro atoms. The number of thiophene rings is 1. The molecule has 0 unspecified atom stereocenters. The van der Waals surface area contributed by atoms with E-state index < -0.39 is 0 Å². The molecule has 1 fully saturated rings. The summed E-state index contributed by atoms with van der Waals surface area (Å²) in [4.78, 5) is 42.3. The zero-order valence-electron chi connectivity index (χ0n) is 20.0. The van der Waals surface area contributed by atoms with Crippen molar-refractivity contribution in [2.75, 3.05) is 26.8 Å². The van der Waals surface area contributed by atoms with Gasteiger partial charge in [-0.1, -0.05) is 19.9 Å². The predicted octanol–water partition coefficient (Wildman–Crippen LogP) is 2.68. The number of nitrogens with one attached hydrogen (secondary N) is 1. The van der Waals surface area contributed by atoms with Gasteiger partial charge in [0, 0.05) is 55.2 Å². The summed E-state index contributed by atoms with van der Waals surface area (Å²) in [6, 6.07) is 5.27. The lowest BCUT2D eigenvalue weighted by Gasteiger charge is -2.34. The van der Waals surface area contributed by atoms with Crippen molar-refractivity contribution in [2.24, 2.45) is 11.8 Å². The first-order valence-electron chi connectivity index (χ1n) is 11.9. The summed E-state index contributed by atoms with van der Waals surface area (Å²) >= 11 is 1.57. The van der Waals surface area contributed by atoms with Gasteiger partial charge < -0.3 is 24.3 Å². The van der Waals surface area contributed by atoms with Crippen LogP contribution < -0.4 is 15.6 Å². The quantitative estimate of drug-likeness (QED) is 0.677. The van der Waals surface area contributed by atoms with Crippen LogP contribution >= 0.6 is 11.3 Å². The molecule has 0 bridgehead atoms. The maximum Gasteiger partial charge on any atom is 0.257 e. The molecule has 1 N–H and O–H groups in total. The van der Waals surface area contributed by atoms with Gasteiger partial charge in [-0.15, -0.1) is 11.3 Å². The maximum absolute atomic E-state index is 13.4. The average Bonchev–Trinajstić information content (AvgIpc) is 3.26. The Balaban J connectivity index is 1.54. The molecule has 2 aromatic rings. The summed E-state index contributed by atoms with van der Waals surface area (Å²) in [6.07, 6.45) is 1.95. The normalized spacial score (nSPS) is 20.5. The minimum Gasteiger partial charge on any atom is -0.496 e. The van der Waals surface area contributed by atoms with Crippen LogP contribution in [0.15, 0.2) is 28.4 Å². The Morgan fingerprint density at radius 1 is 1.29 bits per heavy atom. The van der Waals surface area contributed by atoms with E-state index in [9.17, 15) is 14.4 Å². The van der Waals surface area contributed by atoms with Crippen LogP contribution in [0.1, 0.15) is 47.6 Å². The predicted molar refractivity (Wildman–Crippen MR) is 130 cm³/mol. The van der Waals surface area contributed by atoms with Crippen molar-refractivity contribution in [3.8, 4) is 5.75 Å². The van der Waals surface area contributed by atoms with Crippen molar-refractivity contribution in [1.29, 1.82) is 0 Å². The fourth-order valence-electron chi connectivity index (χ4n) is 4.82. The third kappa shape index (κ3) is 5.20. The van der Waals surface area contributed by atoms with Crippen LogP contribution in [0.4, 0.5) is 0 Å². The van der Waals surface area contributed by atoms with Gasteiger partial charge in [-0.2, -0.15) is 0 Å². The minimum absolute atomic E-state index is 0.0674. The van der Waals surface area contributed by atoms with E-state index in [1.54, 1.807) is 15.9 Å². The first-order chi connectivity index (χ1) is 16.4. The second-order valence-electron chi connectivity index (χ2n) is 9.24. The number of carbonyl (C=O) groups is 2. The topological polar surface area (TPSA) is 89.9 Å². The highest BCUT2D eigenvalue weighted by Gasteiger charge is 2.33. The number of nitrogens with zero attached hydrogens (tertiary/aromatic N) is 2. The summed E-state index contributed by atoms with van der Waals surface area (Å²) < 4.78 is 12.9. The molecule has 9 heteroatoms. The van der Waals surface area contributed by atoms with Gasteiger partial charge in [-0.25, -0.2) is 0 Å². The largest absolute Gasteiger partial charge is 0.496 e. The number of aromatic nitrogens is 1. The highest BCUT2D eigenvalue weighted by molar-refractivity contribution is 7.09. The van der Waals surface area contributed by atoms with Gasteiger partial charge in [-0.05, 0) is 30.2 Å². The molecular weight excluding hydrogens is 454 g/mol. The van der Waals surface area contributed by atoms with Gasteiger partial charge >= 0.3 is 0 Å². The van der Waals surface area contributed by atoms with Crippen molar-refractivity contribution < 1.29 is 19.1 Å². The van der Waals surface area contributed by atoms with Crippen LogP contribution in [0.2, 0.25) is 0 Å². The maximum atomic E-state index is 13.4.